The van der Waals surface area contributed by atoms with Crippen molar-refractivity contribution in [1.82, 2.24) is 29.6 Å². The van der Waals surface area contributed by atoms with Crippen LogP contribution in [0.15, 0.2) is 29.1 Å². The molecular weight excluding hydrogens is 348 g/mol. The van der Waals surface area contributed by atoms with Crippen LogP contribution in [0.4, 0.5) is 4.79 Å². The maximum atomic E-state index is 12.5. The minimum Gasteiger partial charge on any atom is -0.320 e. The van der Waals surface area contributed by atoms with Crippen molar-refractivity contribution in [3.05, 3.63) is 39.8 Å². The Morgan fingerprint density at radius 2 is 1.72 bits per heavy atom. The Balaban J connectivity index is 1.73. The van der Waals surface area contributed by atoms with Gasteiger partial charge in [0.05, 0.1) is 12.2 Å². The number of carbonyl (C=O) groups is 2. The number of benzene rings is 1. The summed E-state index contributed by atoms with van der Waals surface area (Å²) < 4.78 is 1.79. The molecule has 0 saturated carbocycles. The number of halogens is 1. The Morgan fingerprint density at radius 1 is 1.08 bits per heavy atom. The molecule has 0 spiro atoms. The average Bonchev–Trinajstić information content (AvgIpc) is 2.97. The number of hydrogen-bond donors (Lipinski definition) is 0. The molecule has 0 bridgehead atoms. The molecule has 0 radical (unpaired) electrons. The molecule has 1 aromatic heterocycles. The molecule has 1 saturated heterocycles. The van der Waals surface area contributed by atoms with Crippen molar-refractivity contribution in [2.75, 3.05) is 32.7 Å². The van der Waals surface area contributed by atoms with Crippen LogP contribution in [0.5, 0.6) is 0 Å². The first-order valence-electron chi connectivity index (χ1n) is 7.78. The third kappa shape index (κ3) is 3.77. The van der Waals surface area contributed by atoms with Crippen molar-refractivity contribution in [2.24, 2.45) is 0 Å². The first-order valence-corrected chi connectivity index (χ1v) is 8.15. The Morgan fingerprint density at radius 3 is 2.32 bits per heavy atom. The van der Waals surface area contributed by atoms with Gasteiger partial charge >= 0.3 is 11.7 Å². The molecule has 0 unspecified atom stereocenters. The van der Waals surface area contributed by atoms with Crippen LogP contribution in [-0.2, 0) is 4.79 Å². The highest BCUT2D eigenvalue weighted by atomic mass is 35.5. The second-order valence-corrected chi connectivity index (χ2v) is 6.25. The van der Waals surface area contributed by atoms with Gasteiger partial charge in [-0.3, -0.25) is 9.69 Å². The lowest BCUT2D eigenvalue weighted by Gasteiger charge is -2.33. The molecule has 2 heterocycles. The van der Waals surface area contributed by atoms with Gasteiger partial charge in [0.2, 0.25) is 0 Å². The van der Waals surface area contributed by atoms with Gasteiger partial charge in [-0.15, -0.1) is 4.68 Å². The van der Waals surface area contributed by atoms with E-state index in [1.54, 1.807) is 24.3 Å². The van der Waals surface area contributed by atoms with Crippen LogP contribution in [0.2, 0.25) is 5.02 Å². The zero-order valence-corrected chi connectivity index (χ0v) is 14.4. The van der Waals surface area contributed by atoms with Gasteiger partial charge < -0.3 is 4.90 Å². The van der Waals surface area contributed by atoms with Crippen LogP contribution in [0.25, 0.3) is 5.69 Å². The molecular formula is C15H17ClN6O3. The van der Waals surface area contributed by atoms with Crippen LogP contribution in [0.1, 0.15) is 6.92 Å². The molecule has 0 atom stereocenters. The van der Waals surface area contributed by atoms with Crippen molar-refractivity contribution in [2.45, 2.75) is 6.92 Å². The lowest BCUT2D eigenvalue weighted by Crippen LogP contribution is -2.52. The lowest BCUT2D eigenvalue weighted by molar-refractivity contribution is -0.118. The van der Waals surface area contributed by atoms with Crippen molar-refractivity contribution >= 4 is 23.4 Å². The Kier molecular flexibility index (Phi) is 4.95. The van der Waals surface area contributed by atoms with Gasteiger partial charge in [0.25, 0.3) is 0 Å². The number of amides is 1. The third-order valence-corrected chi connectivity index (χ3v) is 4.17. The summed E-state index contributed by atoms with van der Waals surface area (Å²) in [5.41, 5.74) is -0.168. The van der Waals surface area contributed by atoms with E-state index >= 15 is 0 Å². The summed E-state index contributed by atoms with van der Waals surface area (Å²) in [6.07, 6.45) is 0. The maximum absolute atomic E-state index is 12.5. The standard InChI is InChI=1S/C15H17ClN6O3/c1-11(23)10-19-6-8-20(9-7-19)14(24)22-15(25)21(17-18-22)13-4-2-12(16)3-5-13/h2-5H,6-10H2,1H3. The molecule has 10 heteroatoms. The third-order valence-electron chi connectivity index (χ3n) is 3.92. The van der Waals surface area contributed by atoms with Gasteiger partial charge in [-0.2, -0.15) is 4.68 Å². The minimum atomic E-state index is -0.640. The molecule has 0 N–H and O–H groups in total. The minimum absolute atomic E-state index is 0.0851. The summed E-state index contributed by atoms with van der Waals surface area (Å²) >= 11 is 5.82. The smallest absolute Gasteiger partial charge is 0.320 e. The largest absolute Gasteiger partial charge is 0.377 e. The topological polar surface area (TPSA) is 93.3 Å². The monoisotopic (exact) mass is 364 g/mol. The van der Waals surface area contributed by atoms with Crippen LogP contribution in [0, 0.1) is 0 Å². The fourth-order valence-corrected chi connectivity index (χ4v) is 2.78. The van der Waals surface area contributed by atoms with E-state index in [1.165, 1.54) is 11.8 Å². The van der Waals surface area contributed by atoms with Crippen LogP contribution >= 0.6 is 11.6 Å². The van der Waals surface area contributed by atoms with Crippen LogP contribution in [-0.4, -0.2) is 74.1 Å². The van der Waals surface area contributed by atoms with E-state index in [-0.39, 0.29) is 5.78 Å². The zero-order chi connectivity index (χ0) is 18.0. The molecule has 132 valence electrons. The fourth-order valence-electron chi connectivity index (χ4n) is 2.66. The highest BCUT2D eigenvalue weighted by molar-refractivity contribution is 6.30. The summed E-state index contributed by atoms with van der Waals surface area (Å²) in [4.78, 5) is 39.6. The maximum Gasteiger partial charge on any atom is 0.377 e. The highest BCUT2D eigenvalue weighted by Crippen LogP contribution is 2.11. The SMILES string of the molecule is CC(=O)CN1CCN(C(=O)n2nnn(-c3ccc(Cl)cc3)c2=O)CC1. The summed E-state index contributed by atoms with van der Waals surface area (Å²) in [5, 5.41) is 7.97. The van der Waals surface area contributed by atoms with Gasteiger partial charge in [-0.25, -0.2) is 9.59 Å². The summed E-state index contributed by atoms with van der Waals surface area (Å²) in [7, 11) is 0. The molecule has 3 rings (SSSR count). The fraction of sp³-hybridized carbons (Fsp3) is 0.400. The summed E-state index contributed by atoms with van der Waals surface area (Å²) in [5.74, 6) is 0.0851. The predicted molar refractivity (Wildman–Crippen MR) is 90.1 cm³/mol. The predicted octanol–water partition coefficient (Wildman–Crippen LogP) is 0.257. The van der Waals surface area contributed by atoms with E-state index in [4.69, 9.17) is 11.6 Å². The average molecular weight is 365 g/mol. The summed E-state index contributed by atoms with van der Waals surface area (Å²) in [6, 6.07) is 5.96. The number of hydrogen-bond acceptors (Lipinski definition) is 6. The number of carbonyl (C=O) groups excluding carboxylic acids is 2. The van der Waals surface area contributed by atoms with Gasteiger partial charge in [-0.05, 0) is 41.6 Å². The van der Waals surface area contributed by atoms with E-state index in [2.05, 4.69) is 10.4 Å². The van der Waals surface area contributed by atoms with Crippen molar-refractivity contribution in [3.63, 3.8) is 0 Å². The first-order chi connectivity index (χ1) is 12.0. The molecule has 1 amide bonds. The lowest BCUT2D eigenvalue weighted by atomic mass is 10.3. The van der Waals surface area contributed by atoms with E-state index in [9.17, 15) is 14.4 Å². The second kappa shape index (κ2) is 7.16. The number of Topliss-reactive ketones (excluding diaryl/α,β-unsaturated/α-hetero) is 1. The zero-order valence-electron chi connectivity index (χ0n) is 13.6. The number of nitrogens with zero attached hydrogens (tertiary/aromatic N) is 6. The van der Waals surface area contributed by atoms with Crippen LogP contribution < -0.4 is 5.69 Å². The van der Waals surface area contributed by atoms with E-state index in [1.807, 2.05) is 4.90 Å². The Hall–Kier alpha value is -2.52. The normalized spacial score (nSPS) is 15.4. The number of rotatable bonds is 3. The number of tetrazole rings is 1. The summed E-state index contributed by atoms with van der Waals surface area (Å²) in [6.45, 7) is 3.90. The number of aromatic nitrogens is 4. The van der Waals surface area contributed by atoms with E-state index in [0.717, 1.165) is 9.36 Å². The molecule has 25 heavy (non-hydrogen) atoms. The Labute approximate surface area is 148 Å². The van der Waals surface area contributed by atoms with Gasteiger partial charge in [0, 0.05) is 31.2 Å². The van der Waals surface area contributed by atoms with Crippen molar-refractivity contribution in [3.8, 4) is 5.69 Å². The first kappa shape index (κ1) is 17.3. The highest BCUT2D eigenvalue weighted by Gasteiger charge is 2.25. The molecule has 0 aliphatic carbocycles. The molecule has 1 aliphatic heterocycles. The number of piperazine rings is 1. The van der Waals surface area contributed by atoms with Crippen molar-refractivity contribution < 1.29 is 9.59 Å². The van der Waals surface area contributed by atoms with E-state index < -0.39 is 11.7 Å². The molecule has 2 aromatic rings. The Bertz CT molecular complexity index is 836. The van der Waals surface area contributed by atoms with Crippen LogP contribution in [0.3, 0.4) is 0 Å². The molecule has 1 fully saturated rings. The quantitative estimate of drug-likeness (QED) is 0.725. The van der Waals surface area contributed by atoms with Gasteiger partial charge in [0.1, 0.15) is 5.78 Å². The molecule has 1 aliphatic rings. The van der Waals surface area contributed by atoms with Crippen molar-refractivity contribution in [1.29, 1.82) is 0 Å². The van der Waals surface area contributed by atoms with Gasteiger partial charge in [-0.1, -0.05) is 11.6 Å². The molecule has 9 nitrogen and oxygen atoms in total. The van der Waals surface area contributed by atoms with Gasteiger partial charge in [0.15, 0.2) is 0 Å². The molecule has 1 aromatic carbocycles. The number of ketones is 1. The second-order valence-electron chi connectivity index (χ2n) is 5.81. The van der Waals surface area contributed by atoms with E-state index in [0.29, 0.717) is 43.4 Å².